The van der Waals surface area contributed by atoms with E-state index in [9.17, 15) is 27.9 Å². The normalized spacial score (nSPS) is 27.9. The highest BCUT2D eigenvalue weighted by Crippen LogP contribution is 2.44. The molecule has 1 amide bonds. The SMILES string of the molecule is CCOC(=O)C1CCC(=O)N(C#N)C1(O)C(F)(F)F. The first-order valence-electron chi connectivity index (χ1n) is 5.38. The lowest BCUT2D eigenvalue weighted by atomic mass is 9.85. The van der Waals surface area contributed by atoms with Crippen LogP contribution in [-0.4, -0.2) is 40.4 Å². The molecular formula is C10H11F3N2O4. The summed E-state index contributed by atoms with van der Waals surface area (Å²) in [6.45, 7) is 1.21. The fourth-order valence-corrected chi connectivity index (χ4v) is 1.91. The number of ether oxygens (including phenoxy) is 1. The van der Waals surface area contributed by atoms with Gasteiger partial charge in [0.1, 0.15) is 5.92 Å². The number of hydrogen-bond donors (Lipinski definition) is 1. The van der Waals surface area contributed by atoms with E-state index in [1.165, 1.54) is 6.92 Å². The Balaban J connectivity index is 3.27. The van der Waals surface area contributed by atoms with Crippen LogP contribution in [0.1, 0.15) is 19.8 Å². The van der Waals surface area contributed by atoms with E-state index in [2.05, 4.69) is 4.74 Å². The van der Waals surface area contributed by atoms with E-state index in [1.54, 1.807) is 0 Å². The Bertz CT molecular complexity index is 431. The third-order valence-electron chi connectivity index (χ3n) is 2.81. The number of likely N-dealkylation sites (tertiary alicyclic amines) is 1. The molecule has 106 valence electrons. The average molecular weight is 280 g/mol. The molecule has 0 saturated carbocycles. The molecule has 1 fully saturated rings. The molecule has 6 nitrogen and oxygen atoms in total. The van der Waals surface area contributed by atoms with Crippen LogP contribution in [-0.2, 0) is 14.3 Å². The van der Waals surface area contributed by atoms with Gasteiger partial charge in [-0.1, -0.05) is 0 Å². The molecule has 1 aliphatic heterocycles. The van der Waals surface area contributed by atoms with Gasteiger partial charge in [0.25, 0.3) is 5.72 Å². The van der Waals surface area contributed by atoms with Gasteiger partial charge in [0.05, 0.1) is 6.61 Å². The van der Waals surface area contributed by atoms with Crippen LogP contribution in [0.5, 0.6) is 0 Å². The monoisotopic (exact) mass is 280 g/mol. The summed E-state index contributed by atoms with van der Waals surface area (Å²) in [5.74, 6) is -4.53. The van der Waals surface area contributed by atoms with Crippen molar-refractivity contribution in [1.29, 1.82) is 5.26 Å². The lowest BCUT2D eigenvalue weighted by Gasteiger charge is -2.43. The number of amides is 1. The standard InChI is InChI=1S/C10H11F3N2O4/c1-2-19-8(17)6-3-4-7(16)15(5-14)9(6,18)10(11,12)13/h6,18H,2-4H2,1H3. The van der Waals surface area contributed by atoms with Crippen LogP contribution in [0, 0.1) is 17.4 Å². The second kappa shape index (κ2) is 5.05. The minimum atomic E-state index is -5.35. The maximum absolute atomic E-state index is 13.0. The number of halogens is 3. The van der Waals surface area contributed by atoms with Crippen LogP contribution < -0.4 is 0 Å². The van der Waals surface area contributed by atoms with E-state index in [0.29, 0.717) is 0 Å². The van der Waals surface area contributed by atoms with Crippen LogP contribution >= 0.6 is 0 Å². The number of rotatable bonds is 2. The molecule has 0 aromatic carbocycles. The minimum Gasteiger partial charge on any atom is -0.466 e. The highest BCUT2D eigenvalue weighted by Gasteiger charge is 2.68. The highest BCUT2D eigenvalue weighted by atomic mass is 19.4. The van der Waals surface area contributed by atoms with Crippen molar-refractivity contribution < 1.29 is 32.6 Å². The van der Waals surface area contributed by atoms with Crippen molar-refractivity contribution in [1.82, 2.24) is 4.90 Å². The number of nitrogens with zero attached hydrogens (tertiary/aromatic N) is 2. The van der Waals surface area contributed by atoms with Gasteiger partial charge in [-0.15, -0.1) is 0 Å². The molecule has 0 radical (unpaired) electrons. The Morgan fingerprint density at radius 3 is 2.68 bits per heavy atom. The first-order valence-corrected chi connectivity index (χ1v) is 5.38. The number of esters is 1. The van der Waals surface area contributed by atoms with Gasteiger partial charge in [-0.2, -0.15) is 18.4 Å². The molecule has 2 atom stereocenters. The van der Waals surface area contributed by atoms with E-state index in [4.69, 9.17) is 5.26 Å². The number of carbonyl (C=O) groups excluding carboxylic acids is 2. The number of aliphatic hydroxyl groups is 1. The number of carbonyl (C=O) groups is 2. The Labute approximate surface area is 106 Å². The van der Waals surface area contributed by atoms with Crippen LogP contribution in [0.2, 0.25) is 0 Å². The van der Waals surface area contributed by atoms with E-state index in [1.807, 2.05) is 0 Å². The molecule has 1 aliphatic rings. The Morgan fingerprint density at radius 1 is 1.68 bits per heavy atom. The zero-order valence-corrected chi connectivity index (χ0v) is 9.90. The maximum Gasteiger partial charge on any atom is 0.438 e. The third kappa shape index (κ3) is 2.35. The fourth-order valence-electron chi connectivity index (χ4n) is 1.91. The van der Waals surface area contributed by atoms with E-state index in [-0.39, 0.29) is 6.61 Å². The summed E-state index contributed by atoms with van der Waals surface area (Å²) in [5.41, 5.74) is -3.86. The summed E-state index contributed by atoms with van der Waals surface area (Å²) in [6, 6.07) is 0. The fraction of sp³-hybridized carbons (Fsp3) is 0.700. The molecule has 0 aromatic heterocycles. The third-order valence-corrected chi connectivity index (χ3v) is 2.81. The largest absolute Gasteiger partial charge is 0.466 e. The smallest absolute Gasteiger partial charge is 0.438 e. The van der Waals surface area contributed by atoms with Gasteiger partial charge in [0.15, 0.2) is 6.19 Å². The molecule has 1 saturated heterocycles. The van der Waals surface area contributed by atoms with Crippen molar-refractivity contribution >= 4 is 11.9 Å². The molecular weight excluding hydrogens is 269 g/mol. The number of nitriles is 1. The van der Waals surface area contributed by atoms with Gasteiger partial charge in [0.2, 0.25) is 5.91 Å². The molecule has 0 spiro atoms. The predicted octanol–water partition coefficient (Wildman–Crippen LogP) is 0.520. The zero-order chi connectivity index (χ0) is 14.8. The Morgan fingerprint density at radius 2 is 2.26 bits per heavy atom. The van der Waals surface area contributed by atoms with Gasteiger partial charge in [-0.05, 0) is 13.3 Å². The van der Waals surface area contributed by atoms with Crippen molar-refractivity contribution in [3.63, 3.8) is 0 Å². The van der Waals surface area contributed by atoms with Crippen LogP contribution in [0.3, 0.4) is 0 Å². The summed E-state index contributed by atoms with van der Waals surface area (Å²) in [7, 11) is 0. The maximum atomic E-state index is 13.0. The molecule has 0 aliphatic carbocycles. The van der Waals surface area contributed by atoms with E-state index in [0.717, 1.165) is 6.19 Å². The second-order valence-electron chi connectivity index (χ2n) is 3.90. The first kappa shape index (κ1) is 15.2. The van der Waals surface area contributed by atoms with E-state index >= 15 is 0 Å². The average Bonchev–Trinajstić information content (AvgIpc) is 2.28. The molecule has 1 N–H and O–H groups in total. The summed E-state index contributed by atoms with van der Waals surface area (Å²) in [4.78, 5) is 22.4. The molecule has 0 aromatic rings. The van der Waals surface area contributed by atoms with Gasteiger partial charge in [-0.3, -0.25) is 9.59 Å². The summed E-state index contributed by atoms with van der Waals surface area (Å²) in [6.07, 6.45) is -5.35. The zero-order valence-electron chi connectivity index (χ0n) is 9.90. The first-order chi connectivity index (χ1) is 8.70. The summed E-state index contributed by atoms with van der Waals surface area (Å²) in [5, 5.41) is 18.4. The minimum absolute atomic E-state index is 0.177. The van der Waals surface area contributed by atoms with Gasteiger partial charge >= 0.3 is 12.1 Å². The number of hydrogen-bond acceptors (Lipinski definition) is 5. The van der Waals surface area contributed by atoms with Crippen LogP contribution in [0.4, 0.5) is 13.2 Å². The van der Waals surface area contributed by atoms with Crippen LogP contribution in [0.25, 0.3) is 0 Å². The molecule has 1 heterocycles. The lowest BCUT2D eigenvalue weighted by molar-refractivity contribution is -0.323. The molecule has 0 bridgehead atoms. The van der Waals surface area contributed by atoms with Gasteiger partial charge in [-0.25, -0.2) is 4.90 Å². The molecule has 1 rings (SSSR count). The Hall–Kier alpha value is -1.82. The van der Waals surface area contributed by atoms with Crippen LogP contribution in [0.15, 0.2) is 0 Å². The lowest BCUT2D eigenvalue weighted by Crippen LogP contribution is -2.67. The van der Waals surface area contributed by atoms with Gasteiger partial charge < -0.3 is 9.84 Å². The topological polar surface area (TPSA) is 90.6 Å². The highest BCUT2D eigenvalue weighted by molar-refractivity contribution is 5.84. The second-order valence-corrected chi connectivity index (χ2v) is 3.90. The number of piperidine rings is 1. The molecule has 2 unspecified atom stereocenters. The van der Waals surface area contributed by atoms with Crippen molar-refractivity contribution in [2.45, 2.75) is 31.7 Å². The summed E-state index contributed by atoms with van der Waals surface area (Å²) < 4.78 is 43.4. The Kier molecular flexibility index (Phi) is 4.05. The van der Waals surface area contributed by atoms with E-state index < -0.39 is 47.4 Å². The predicted molar refractivity (Wildman–Crippen MR) is 52.8 cm³/mol. The number of alkyl halides is 3. The quantitative estimate of drug-likeness (QED) is 0.588. The molecule has 9 heteroatoms. The molecule has 19 heavy (non-hydrogen) atoms. The summed E-state index contributed by atoms with van der Waals surface area (Å²) >= 11 is 0. The van der Waals surface area contributed by atoms with Crippen molar-refractivity contribution in [3.05, 3.63) is 0 Å². The van der Waals surface area contributed by atoms with Crippen molar-refractivity contribution in [2.75, 3.05) is 6.61 Å². The van der Waals surface area contributed by atoms with Gasteiger partial charge in [0, 0.05) is 6.42 Å². The van der Waals surface area contributed by atoms with Crippen molar-refractivity contribution in [3.8, 4) is 6.19 Å². The van der Waals surface area contributed by atoms with Crippen molar-refractivity contribution in [2.24, 2.45) is 5.92 Å².